The van der Waals surface area contributed by atoms with Crippen molar-refractivity contribution in [2.45, 2.75) is 38.3 Å². The van der Waals surface area contributed by atoms with Crippen LogP contribution in [0.1, 0.15) is 31.0 Å². The number of benzene rings is 1. The first-order valence-electron chi connectivity index (χ1n) is 11.5. The Morgan fingerprint density at radius 2 is 2.06 bits per heavy atom. The Labute approximate surface area is 192 Å². The topological polar surface area (TPSA) is 97.4 Å². The summed E-state index contributed by atoms with van der Waals surface area (Å²) in [6, 6.07) is 10.3. The number of hydrogen-bond acceptors (Lipinski definition) is 6. The number of rotatable bonds is 2. The average molecular weight is 442 g/mol. The number of piperidine rings is 1. The van der Waals surface area contributed by atoms with Gasteiger partial charge in [0.05, 0.1) is 18.1 Å². The molecule has 168 valence electrons. The van der Waals surface area contributed by atoms with E-state index in [1.165, 1.54) is 5.56 Å². The molecule has 0 radical (unpaired) electrons. The molecule has 0 bridgehead atoms. The molecule has 8 heteroatoms. The summed E-state index contributed by atoms with van der Waals surface area (Å²) in [6.45, 7) is 4.59. The van der Waals surface area contributed by atoms with Crippen LogP contribution in [0, 0.1) is 17.3 Å². The summed E-state index contributed by atoms with van der Waals surface area (Å²) in [7, 11) is 0. The highest BCUT2D eigenvalue weighted by atomic mass is 16.5. The van der Waals surface area contributed by atoms with Crippen LogP contribution in [0.25, 0.3) is 16.7 Å². The summed E-state index contributed by atoms with van der Waals surface area (Å²) < 4.78 is 7.93. The van der Waals surface area contributed by atoms with E-state index in [1.807, 2.05) is 35.0 Å². The van der Waals surface area contributed by atoms with Crippen molar-refractivity contribution in [3.8, 4) is 11.8 Å². The van der Waals surface area contributed by atoms with Crippen molar-refractivity contribution in [3.63, 3.8) is 0 Å². The summed E-state index contributed by atoms with van der Waals surface area (Å²) in [6.07, 6.45) is 6.55. The number of aromatic nitrogens is 5. The minimum absolute atomic E-state index is 0.0730. The largest absolute Gasteiger partial charge is 0.376 e. The van der Waals surface area contributed by atoms with Gasteiger partial charge in [-0.1, -0.05) is 36.3 Å². The molecular weight excluding hydrogens is 414 g/mol. The van der Waals surface area contributed by atoms with Gasteiger partial charge in [-0.15, -0.1) is 0 Å². The predicted octanol–water partition coefficient (Wildman–Crippen LogP) is 2.53. The molecule has 2 fully saturated rings. The molecule has 2 atom stereocenters. The first kappa shape index (κ1) is 20.2. The second-order valence-corrected chi connectivity index (χ2v) is 9.18. The zero-order valence-corrected chi connectivity index (χ0v) is 18.7. The van der Waals surface area contributed by atoms with Gasteiger partial charge in [-0.3, -0.25) is 9.50 Å². The SMILES string of the molecule is C[C@@H]1OCC2(CCN(c3nc4[nH]nc(C#CCc5ccccc5)c4c4nccn34)CC2)[C@@H]1N. The van der Waals surface area contributed by atoms with Gasteiger partial charge in [-0.05, 0) is 31.2 Å². The summed E-state index contributed by atoms with van der Waals surface area (Å²) in [5, 5.41) is 8.39. The van der Waals surface area contributed by atoms with Crippen LogP contribution in [0.5, 0.6) is 0 Å². The molecule has 4 aromatic rings. The molecule has 5 heterocycles. The Morgan fingerprint density at radius 1 is 1.24 bits per heavy atom. The van der Waals surface area contributed by atoms with Crippen LogP contribution in [-0.2, 0) is 11.2 Å². The number of H-pyrrole nitrogens is 1. The van der Waals surface area contributed by atoms with Crippen molar-refractivity contribution < 1.29 is 4.74 Å². The third-order valence-corrected chi connectivity index (χ3v) is 7.27. The van der Waals surface area contributed by atoms with Gasteiger partial charge in [0.1, 0.15) is 5.69 Å². The van der Waals surface area contributed by atoms with E-state index in [0.717, 1.165) is 49.5 Å². The second kappa shape index (κ2) is 7.87. The maximum absolute atomic E-state index is 6.50. The zero-order valence-electron chi connectivity index (χ0n) is 18.7. The normalized spacial score (nSPS) is 22.2. The van der Waals surface area contributed by atoms with E-state index < -0.39 is 0 Å². The van der Waals surface area contributed by atoms with Crippen molar-refractivity contribution >= 4 is 22.6 Å². The smallest absolute Gasteiger partial charge is 0.213 e. The van der Waals surface area contributed by atoms with Crippen molar-refractivity contribution in [2.75, 3.05) is 24.6 Å². The lowest BCUT2D eigenvalue weighted by atomic mass is 9.73. The van der Waals surface area contributed by atoms with Gasteiger partial charge in [0.15, 0.2) is 11.3 Å². The Hall–Kier alpha value is -3.41. The van der Waals surface area contributed by atoms with Crippen molar-refractivity contribution in [1.82, 2.24) is 24.6 Å². The number of nitrogens with zero attached hydrogens (tertiary/aromatic N) is 5. The number of anilines is 1. The van der Waals surface area contributed by atoms with Gasteiger partial charge in [0, 0.05) is 43.4 Å². The summed E-state index contributed by atoms with van der Waals surface area (Å²) in [4.78, 5) is 11.9. The fourth-order valence-electron chi connectivity index (χ4n) is 5.19. The monoisotopic (exact) mass is 441 g/mol. The predicted molar refractivity (Wildman–Crippen MR) is 127 cm³/mol. The number of fused-ring (bicyclic) bond motifs is 3. The van der Waals surface area contributed by atoms with Gasteiger partial charge in [-0.2, -0.15) is 10.1 Å². The quantitative estimate of drug-likeness (QED) is 0.464. The van der Waals surface area contributed by atoms with Gasteiger partial charge in [-0.25, -0.2) is 4.98 Å². The fraction of sp³-hybridized carbons (Fsp3) is 0.400. The lowest BCUT2D eigenvalue weighted by molar-refractivity contribution is 0.0973. The van der Waals surface area contributed by atoms with Crippen LogP contribution in [0.2, 0.25) is 0 Å². The third-order valence-electron chi connectivity index (χ3n) is 7.27. The molecule has 2 saturated heterocycles. The maximum atomic E-state index is 6.50. The minimum atomic E-state index is 0.0730. The Kier molecular flexibility index (Phi) is 4.82. The van der Waals surface area contributed by atoms with E-state index in [0.29, 0.717) is 17.8 Å². The van der Waals surface area contributed by atoms with Crippen molar-refractivity contribution in [3.05, 3.63) is 54.0 Å². The second-order valence-electron chi connectivity index (χ2n) is 9.18. The molecular formula is C25H27N7O. The van der Waals surface area contributed by atoms with Crippen LogP contribution in [0.15, 0.2) is 42.7 Å². The van der Waals surface area contributed by atoms with E-state index in [2.05, 4.69) is 51.0 Å². The lowest BCUT2D eigenvalue weighted by Crippen LogP contribution is -2.51. The standard InChI is InChI=1S/C25H27N7O/c1-17-21(26)25(16-33-17)10-13-31(14-11-25)24-28-22-20(23-27-12-15-32(23)24)19(29-30-22)9-5-8-18-6-3-2-4-7-18/h2-4,6-7,12,15,17,21H,8,10-11,13-14,16,26H2,1H3,(H,29,30)/t17-,21+/m0/s1. The molecule has 1 spiro atoms. The molecule has 2 aliphatic rings. The molecule has 0 saturated carbocycles. The highest BCUT2D eigenvalue weighted by molar-refractivity contribution is 5.94. The number of hydrogen-bond donors (Lipinski definition) is 2. The van der Waals surface area contributed by atoms with Gasteiger partial charge in [0.2, 0.25) is 5.95 Å². The highest BCUT2D eigenvalue weighted by Gasteiger charge is 2.47. The number of aromatic amines is 1. The Morgan fingerprint density at radius 3 is 2.82 bits per heavy atom. The number of imidazole rings is 1. The highest BCUT2D eigenvalue weighted by Crippen LogP contribution is 2.42. The van der Waals surface area contributed by atoms with Gasteiger partial charge in [0.25, 0.3) is 0 Å². The molecule has 6 rings (SSSR count). The average Bonchev–Trinajstić information content (AvgIpc) is 3.55. The van der Waals surface area contributed by atoms with Crippen LogP contribution >= 0.6 is 0 Å². The first-order valence-corrected chi connectivity index (χ1v) is 11.5. The molecule has 0 aliphatic carbocycles. The summed E-state index contributed by atoms with van der Waals surface area (Å²) in [5.41, 5.74) is 9.96. The number of ether oxygens (including phenoxy) is 1. The molecule has 1 aromatic carbocycles. The Bertz CT molecular complexity index is 1360. The van der Waals surface area contributed by atoms with Gasteiger partial charge < -0.3 is 15.4 Å². The van der Waals surface area contributed by atoms with E-state index >= 15 is 0 Å². The molecule has 3 aromatic heterocycles. The molecule has 2 aliphatic heterocycles. The molecule has 0 amide bonds. The summed E-state index contributed by atoms with van der Waals surface area (Å²) >= 11 is 0. The van der Waals surface area contributed by atoms with Crippen LogP contribution in [-0.4, -0.2) is 56.4 Å². The maximum Gasteiger partial charge on any atom is 0.213 e. The van der Waals surface area contributed by atoms with E-state index in [-0.39, 0.29) is 17.6 Å². The third kappa shape index (κ3) is 3.36. The molecule has 8 nitrogen and oxygen atoms in total. The number of nitrogens with one attached hydrogen (secondary N) is 1. The van der Waals surface area contributed by atoms with Crippen LogP contribution in [0.3, 0.4) is 0 Å². The minimum Gasteiger partial charge on any atom is -0.376 e. The van der Waals surface area contributed by atoms with Crippen molar-refractivity contribution in [2.24, 2.45) is 11.1 Å². The Balaban J connectivity index is 1.30. The fourth-order valence-corrected chi connectivity index (χ4v) is 5.19. The number of nitrogens with two attached hydrogens (primary N) is 1. The zero-order chi connectivity index (χ0) is 22.4. The molecule has 33 heavy (non-hydrogen) atoms. The first-order chi connectivity index (χ1) is 16.1. The van der Waals surface area contributed by atoms with Gasteiger partial charge >= 0.3 is 0 Å². The van der Waals surface area contributed by atoms with E-state index in [9.17, 15) is 0 Å². The van der Waals surface area contributed by atoms with Crippen LogP contribution in [0.4, 0.5) is 5.95 Å². The van der Waals surface area contributed by atoms with Crippen LogP contribution < -0.4 is 10.6 Å². The molecule has 0 unspecified atom stereocenters. The summed E-state index contributed by atoms with van der Waals surface area (Å²) in [5.74, 6) is 7.32. The lowest BCUT2D eigenvalue weighted by Gasteiger charge is -2.41. The molecule has 3 N–H and O–H groups in total. The van der Waals surface area contributed by atoms with E-state index in [1.54, 1.807) is 0 Å². The van der Waals surface area contributed by atoms with E-state index in [4.69, 9.17) is 15.5 Å². The van der Waals surface area contributed by atoms with Crippen molar-refractivity contribution in [1.29, 1.82) is 0 Å².